The third-order valence-corrected chi connectivity index (χ3v) is 3.67. The number of nitrogens with zero attached hydrogens (tertiary/aromatic N) is 1. The van der Waals surface area contributed by atoms with Gasteiger partial charge in [-0.25, -0.2) is 0 Å². The maximum atomic E-state index is 12.0. The van der Waals surface area contributed by atoms with E-state index in [1.54, 1.807) is 17.9 Å². The van der Waals surface area contributed by atoms with Crippen LogP contribution in [0.25, 0.3) is 0 Å². The van der Waals surface area contributed by atoms with Gasteiger partial charge in [0.25, 0.3) is 0 Å². The molecule has 6 heteroatoms. The molecular weight excluding hydrogens is 250 g/mol. The highest BCUT2D eigenvalue weighted by molar-refractivity contribution is 5.78. The van der Waals surface area contributed by atoms with E-state index < -0.39 is 11.9 Å². The van der Waals surface area contributed by atoms with E-state index in [2.05, 4.69) is 0 Å². The van der Waals surface area contributed by atoms with Crippen molar-refractivity contribution in [2.24, 2.45) is 5.92 Å². The maximum absolute atomic E-state index is 12.0. The Morgan fingerprint density at radius 2 is 2.32 bits per heavy atom. The Morgan fingerprint density at radius 1 is 1.53 bits per heavy atom. The topological polar surface area (TPSA) is 76.1 Å². The number of carbonyl (C=O) groups excluding carboxylic acids is 1. The van der Waals surface area contributed by atoms with Crippen LogP contribution in [0.2, 0.25) is 0 Å². The number of carboxylic acids is 1. The molecule has 1 saturated heterocycles. The van der Waals surface area contributed by atoms with Crippen molar-refractivity contribution in [2.75, 3.05) is 13.2 Å². The standard InChI is InChI=1S/C13H19NO5/c1-2-12(15)14-6-3-4-10(13(16)17)11(14)8-9-5-7-18-19-9/h5,10-11H,2-4,6-8H2,1H3,(H,16,17). The smallest absolute Gasteiger partial charge is 0.308 e. The first kappa shape index (κ1) is 13.9. The Balaban J connectivity index is 2.15. The zero-order valence-corrected chi connectivity index (χ0v) is 11.0. The molecule has 0 aromatic heterocycles. The summed E-state index contributed by atoms with van der Waals surface area (Å²) in [7, 11) is 0. The van der Waals surface area contributed by atoms with E-state index in [1.165, 1.54) is 0 Å². The number of hydrogen-bond donors (Lipinski definition) is 1. The molecule has 0 aromatic rings. The number of amides is 1. The average molecular weight is 269 g/mol. The third kappa shape index (κ3) is 3.07. The molecule has 2 aliphatic heterocycles. The van der Waals surface area contributed by atoms with Crippen molar-refractivity contribution in [1.82, 2.24) is 4.90 Å². The molecule has 0 bridgehead atoms. The van der Waals surface area contributed by atoms with E-state index >= 15 is 0 Å². The number of piperidine rings is 1. The Labute approximate surface area is 111 Å². The van der Waals surface area contributed by atoms with Crippen LogP contribution in [-0.2, 0) is 19.4 Å². The van der Waals surface area contributed by atoms with Gasteiger partial charge in [0.05, 0.1) is 12.0 Å². The van der Waals surface area contributed by atoms with Crippen LogP contribution in [0.1, 0.15) is 32.6 Å². The van der Waals surface area contributed by atoms with E-state index in [4.69, 9.17) is 9.78 Å². The van der Waals surface area contributed by atoms with Crippen LogP contribution in [-0.4, -0.2) is 41.1 Å². The molecule has 2 aliphatic rings. The number of carbonyl (C=O) groups is 2. The summed E-state index contributed by atoms with van der Waals surface area (Å²) >= 11 is 0. The number of rotatable bonds is 4. The predicted octanol–water partition coefficient (Wildman–Crippen LogP) is 1.32. The summed E-state index contributed by atoms with van der Waals surface area (Å²) in [4.78, 5) is 34.8. The van der Waals surface area contributed by atoms with Crippen molar-refractivity contribution in [1.29, 1.82) is 0 Å². The first-order valence-electron chi connectivity index (χ1n) is 6.64. The minimum atomic E-state index is -0.849. The van der Waals surface area contributed by atoms with Gasteiger partial charge in [-0.3, -0.25) is 9.59 Å². The van der Waals surface area contributed by atoms with E-state index in [-0.39, 0.29) is 11.9 Å². The first-order chi connectivity index (χ1) is 9.13. The predicted molar refractivity (Wildman–Crippen MR) is 65.9 cm³/mol. The first-order valence-corrected chi connectivity index (χ1v) is 6.64. The van der Waals surface area contributed by atoms with Gasteiger partial charge in [-0.15, -0.1) is 0 Å². The molecule has 0 saturated carbocycles. The second-order valence-corrected chi connectivity index (χ2v) is 4.84. The Bertz CT molecular complexity index is 392. The van der Waals surface area contributed by atoms with Gasteiger partial charge in [0.15, 0.2) is 0 Å². The molecule has 2 heterocycles. The lowest BCUT2D eigenvalue weighted by molar-refractivity contribution is -0.237. The van der Waals surface area contributed by atoms with Gasteiger partial charge in [-0.1, -0.05) is 6.92 Å². The molecular formula is C13H19NO5. The van der Waals surface area contributed by atoms with Gasteiger partial charge >= 0.3 is 5.97 Å². The zero-order chi connectivity index (χ0) is 13.8. The number of aliphatic carboxylic acids is 1. The fraction of sp³-hybridized carbons (Fsp3) is 0.692. The summed E-state index contributed by atoms with van der Waals surface area (Å²) in [6, 6.07) is -0.341. The van der Waals surface area contributed by atoms with Crippen molar-refractivity contribution < 1.29 is 24.5 Å². The van der Waals surface area contributed by atoms with E-state index in [1.807, 2.05) is 0 Å². The van der Waals surface area contributed by atoms with Gasteiger partial charge in [0.1, 0.15) is 12.4 Å². The van der Waals surface area contributed by atoms with Crippen LogP contribution in [0.3, 0.4) is 0 Å². The molecule has 2 unspecified atom stereocenters. The van der Waals surface area contributed by atoms with Crippen LogP contribution in [0.15, 0.2) is 11.8 Å². The van der Waals surface area contributed by atoms with Crippen molar-refractivity contribution in [2.45, 2.75) is 38.6 Å². The molecule has 19 heavy (non-hydrogen) atoms. The molecule has 106 valence electrons. The molecule has 2 atom stereocenters. The summed E-state index contributed by atoms with van der Waals surface area (Å²) in [6.45, 7) is 2.79. The summed E-state index contributed by atoms with van der Waals surface area (Å²) in [5.74, 6) is -0.769. The van der Waals surface area contributed by atoms with Gasteiger partial charge < -0.3 is 14.9 Å². The second kappa shape index (κ2) is 6.06. The van der Waals surface area contributed by atoms with Gasteiger partial charge in [-0.2, -0.15) is 4.89 Å². The van der Waals surface area contributed by atoms with Crippen LogP contribution < -0.4 is 0 Å². The maximum Gasteiger partial charge on any atom is 0.308 e. The SMILES string of the molecule is CCC(=O)N1CCCC(C(=O)O)C1CC1=CCOO1. The van der Waals surface area contributed by atoms with Gasteiger partial charge in [0.2, 0.25) is 5.91 Å². The quantitative estimate of drug-likeness (QED) is 0.779. The minimum Gasteiger partial charge on any atom is -0.481 e. The fourth-order valence-electron chi connectivity index (χ4n) is 2.70. The van der Waals surface area contributed by atoms with E-state index in [0.29, 0.717) is 38.2 Å². The van der Waals surface area contributed by atoms with E-state index in [9.17, 15) is 14.7 Å². The summed E-state index contributed by atoms with van der Waals surface area (Å²) < 4.78 is 0. The molecule has 1 N–H and O–H groups in total. The van der Waals surface area contributed by atoms with Crippen molar-refractivity contribution >= 4 is 11.9 Å². The lowest BCUT2D eigenvalue weighted by Gasteiger charge is -2.39. The molecule has 0 aliphatic carbocycles. The van der Waals surface area contributed by atoms with Crippen molar-refractivity contribution in [3.05, 3.63) is 11.8 Å². The highest BCUT2D eigenvalue weighted by Gasteiger charge is 2.39. The number of likely N-dealkylation sites (tertiary alicyclic amines) is 1. The Morgan fingerprint density at radius 3 is 2.89 bits per heavy atom. The van der Waals surface area contributed by atoms with Crippen LogP contribution in [0.4, 0.5) is 0 Å². The molecule has 0 radical (unpaired) electrons. The minimum absolute atomic E-state index is 0.00420. The highest BCUT2D eigenvalue weighted by atomic mass is 17.2. The average Bonchev–Trinajstić information content (AvgIpc) is 2.90. The summed E-state index contributed by atoms with van der Waals surface area (Å²) in [5, 5.41) is 9.33. The highest BCUT2D eigenvalue weighted by Crippen LogP contribution is 2.30. The van der Waals surface area contributed by atoms with E-state index in [0.717, 1.165) is 6.42 Å². The van der Waals surface area contributed by atoms with Crippen molar-refractivity contribution in [3.63, 3.8) is 0 Å². The Kier molecular flexibility index (Phi) is 4.42. The molecule has 0 spiro atoms. The lowest BCUT2D eigenvalue weighted by Crippen LogP contribution is -2.50. The molecule has 2 rings (SSSR count). The van der Waals surface area contributed by atoms with Crippen molar-refractivity contribution in [3.8, 4) is 0 Å². The third-order valence-electron chi connectivity index (χ3n) is 3.67. The van der Waals surface area contributed by atoms with Gasteiger partial charge in [-0.05, 0) is 18.9 Å². The normalized spacial score (nSPS) is 26.8. The monoisotopic (exact) mass is 269 g/mol. The van der Waals surface area contributed by atoms with Crippen LogP contribution in [0, 0.1) is 5.92 Å². The van der Waals surface area contributed by atoms with Crippen LogP contribution >= 0.6 is 0 Å². The molecule has 6 nitrogen and oxygen atoms in total. The number of carboxylic acid groups (broad SMARTS) is 1. The molecule has 1 fully saturated rings. The number of hydrogen-bond acceptors (Lipinski definition) is 4. The largest absolute Gasteiger partial charge is 0.481 e. The lowest BCUT2D eigenvalue weighted by atomic mass is 9.86. The van der Waals surface area contributed by atoms with Crippen LogP contribution in [0.5, 0.6) is 0 Å². The van der Waals surface area contributed by atoms with Gasteiger partial charge in [0, 0.05) is 19.4 Å². The molecule has 1 amide bonds. The zero-order valence-electron chi connectivity index (χ0n) is 11.0. The molecule has 0 aromatic carbocycles. The second-order valence-electron chi connectivity index (χ2n) is 4.84. The summed E-state index contributed by atoms with van der Waals surface area (Å²) in [6.07, 6.45) is 3.90. The fourth-order valence-corrected chi connectivity index (χ4v) is 2.70. The summed E-state index contributed by atoms with van der Waals surface area (Å²) in [5.41, 5.74) is 0. The Hall–Kier alpha value is -1.56.